The van der Waals surface area contributed by atoms with Crippen LogP contribution in [0.2, 0.25) is 0 Å². The Hall–Kier alpha value is -2.96. The summed E-state index contributed by atoms with van der Waals surface area (Å²) in [5, 5.41) is 6.56. The lowest BCUT2D eigenvalue weighted by Crippen LogP contribution is -2.39. The second kappa shape index (κ2) is 9.82. The van der Waals surface area contributed by atoms with Gasteiger partial charge < -0.3 is 24.8 Å². The fourth-order valence-electron chi connectivity index (χ4n) is 3.08. The van der Waals surface area contributed by atoms with Crippen LogP contribution < -0.4 is 24.8 Å². The van der Waals surface area contributed by atoms with Gasteiger partial charge in [-0.1, -0.05) is 0 Å². The molecule has 2 N–H and O–H groups in total. The van der Waals surface area contributed by atoms with Gasteiger partial charge in [-0.2, -0.15) is 0 Å². The highest BCUT2D eigenvalue weighted by Gasteiger charge is 2.21. The molecule has 1 unspecified atom stereocenters. The third kappa shape index (κ3) is 5.28. The minimum absolute atomic E-state index is 0.210. The van der Waals surface area contributed by atoms with Crippen molar-refractivity contribution in [2.24, 2.45) is 4.99 Å². The van der Waals surface area contributed by atoms with E-state index in [9.17, 15) is 0 Å². The highest BCUT2D eigenvalue weighted by molar-refractivity contribution is 5.79. The van der Waals surface area contributed by atoms with Gasteiger partial charge >= 0.3 is 0 Å². The summed E-state index contributed by atoms with van der Waals surface area (Å²) in [7, 11) is 1.74. The molecule has 150 valence electrons. The van der Waals surface area contributed by atoms with Crippen LogP contribution >= 0.6 is 0 Å². The molecular weight excluding hydrogens is 356 g/mol. The third-order valence-corrected chi connectivity index (χ3v) is 4.35. The Kier molecular flexibility index (Phi) is 6.94. The van der Waals surface area contributed by atoms with Crippen LogP contribution in [-0.4, -0.2) is 43.9 Å². The molecule has 1 aromatic heterocycles. The fourth-order valence-corrected chi connectivity index (χ4v) is 3.08. The van der Waals surface area contributed by atoms with Gasteiger partial charge in [0, 0.05) is 37.3 Å². The van der Waals surface area contributed by atoms with Crippen molar-refractivity contribution in [2.45, 2.75) is 32.9 Å². The molecule has 7 nitrogen and oxygen atoms in total. The zero-order valence-corrected chi connectivity index (χ0v) is 16.7. The molecule has 0 saturated heterocycles. The van der Waals surface area contributed by atoms with Crippen molar-refractivity contribution in [1.82, 2.24) is 15.6 Å². The quantitative estimate of drug-likeness (QED) is 0.414. The van der Waals surface area contributed by atoms with Crippen molar-refractivity contribution < 1.29 is 14.2 Å². The normalized spacial score (nSPS) is 15.5. The highest BCUT2D eigenvalue weighted by Crippen LogP contribution is 2.35. The number of fused-ring (bicyclic) bond motifs is 1. The molecule has 1 aliphatic heterocycles. The first kappa shape index (κ1) is 19.8. The Balaban J connectivity index is 1.52. The van der Waals surface area contributed by atoms with Crippen molar-refractivity contribution in [3.63, 3.8) is 0 Å². The van der Waals surface area contributed by atoms with Gasteiger partial charge in [0.2, 0.25) is 0 Å². The molecule has 0 saturated carbocycles. The topological polar surface area (TPSA) is 77.0 Å². The molecule has 1 atom stereocenters. The van der Waals surface area contributed by atoms with E-state index in [4.69, 9.17) is 14.2 Å². The van der Waals surface area contributed by atoms with Gasteiger partial charge in [-0.15, -0.1) is 0 Å². The van der Waals surface area contributed by atoms with E-state index in [0.717, 1.165) is 29.2 Å². The van der Waals surface area contributed by atoms with Gasteiger partial charge in [0.1, 0.15) is 30.0 Å². The van der Waals surface area contributed by atoms with Crippen molar-refractivity contribution in [2.75, 3.05) is 26.8 Å². The zero-order chi connectivity index (χ0) is 19.8. The standard InChI is InChI=1S/C21H28N4O3/c1-4-26-19-11-16-10-15(2)28-20(16)12-17(19)13-25-21(22-3)24-8-9-27-18-6-5-7-23-14-18/h5-7,11-12,14-15H,4,8-10,13H2,1-3H3,(H2,22,24,25). The van der Waals surface area contributed by atoms with Crippen molar-refractivity contribution >= 4 is 5.96 Å². The van der Waals surface area contributed by atoms with Crippen LogP contribution in [0.5, 0.6) is 17.2 Å². The molecule has 0 radical (unpaired) electrons. The SMILES string of the molecule is CCOc1cc2c(cc1CNC(=NC)NCCOc1cccnc1)OC(C)C2. The number of aromatic nitrogens is 1. The minimum atomic E-state index is 0.210. The summed E-state index contributed by atoms with van der Waals surface area (Å²) >= 11 is 0. The highest BCUT2D eigenvalue weighted by atomic mass is 16.5. The van der Waals surface area contributed by atoms with Gasteiger partial charge in [-0.3, -0.25) is 9.98 Å². The number of guanidine groups is 1. The predicted molar refractivity (Wildman–Crippen MR) is 109 cm³/mol. The lowest BCUT2D eigenvalue weighted by molar-refractivity contribution is 0.254. The number of ether oxygens (including phenoxy) is 3. The van der Waals surface area contributed by atoms with E-state index >= 15 is 0 Å². The Morgan fingerprint density at radius 2 is 2.21 bits per heavy atom. The first-order chi connectivity index (χ1) is 13.7. The molecule has 0 bridgehead atoms. The Morgan fingerprint density at radius 3 is 2.96 bits per heavy atom. The largest absolute Gasteiger partial charge is 0.494 e. The first-order valence-electron chi connectivity index (χ1n) is 9.62. The second-order valence-corrected chi connectivity index (χ2v) is 6.52. The van der Waals surface area contributed by atoms with Gasteiger partial charge in [0.25, 0.3) is 0 Å². The maximum atomic E-state index is 5.88. The number of hydrogen-bond donors (Lipinski definition) is 2. The molecule has 0 aliphatic carbocycles. The Bertz CT molecular complexity index is 796. The summed E-state index contributed by atoms with van der Waals surface area (Å²) in [6.45, 7) is 6.42. The summed E-state index contributed by atoms with van der Waals surface area (Å²) < 4.78 is 17.3. The van der Waals surface area contributed by atoms with Crippen LogP contribution in [0.25, 0.3) is 0 Å². The van der Waals surface area contributed by atoms with E-state index in [2.05, 4.69) is 39.7 Å². The van der Waals surface area contributed by atoms with Gasteiger partial charge in [0.05, 0.1) is 19.3 Å². The number of rotatable bonds is 8. The third-order valence-electron chi connectivity index (χ3n) is 4.35. The van der Waals surface area contributed by atoms with Crippen LogP contribution in [0.3, 0.4) is 0 Å². The van der Waals surface area contributed by atoms with E-state index in [0.29, 0.717) is 32.3 Å². The molecule has 3 rings (SSSR count). The van der Waals surface area contributed by atoms with Gasteiger partial charge in [-0.05, 0) is 38.1 Å². The van der Waals surface area contributed by atoms with E-state index in [-0.39, 0.29) is 6.10 Å². The molecule has 2 aromatic rings. The molecular formula is C21H28N4O3. The predicted octanol–water partition coefficient (Wildman–Crippen LogP) is 2.55. The minimum Gasteiger partial charge on any atom is -0.494 e. The van der Waals surface area contributed by atoms with Crippen molar-refractivity contribution in [3.05, 3.63) is 47.8 Å². The maximum absolute atomic E-state index is 5.88. The van der Waals surface area contributed by atoms with E-state index in [1.54, 1.807) is 19.4 Å². The van der Waals surface area contributed by atoms with E-state index < -0.39 is 0 Å². The van der Waals surface area contributed by atoms with Crippen molar-refractivity contribution in [3.8, 4) is 17.2 Å². The summed E-state index contributed by atoms with van der Waals surface area (Å²) in [5.74, 6) is 3.29. The summed E-state index contributed by atoms with van der Waals surface area (Å²) in [6.07, 6.45) is 4.54. The first-order valence-corrected chi connectivity index (χ1v) is 9.62. The number of benzene rings is 1. The van der Waals surface area contributed by atoms with Crippen molar-refractivity contribution in [1.29, 1.82) is 0 Å². The van der Waals surface area contributed by atoms with Crippen LogP contribution in [-0.2, 0) is 13.0 Å². The second-order valence-electron chi connectivity index (χ2n) is 6.52. The maximum Gasteiger partial charge on any atom is 0.191 e. The molecule has 2 heterocycles. The average molecular weight is 384 g/mol. The molecule has 0 fully saturated rings. The lowest BCUT2D eigenvalue weighted by Gasteiger charge is -2.16. The molecule has 0 amide bonds. The fraction of sp³-hybridized carbons (Fsp3) is 0.429. The number of nitrogens with zero attached hydrogens (tertiary/aromatic N) is 2. The summed E-state index contributed by atoms with van der Waals surface area (Å²) in [5.41, 5.74) is 2.25. The number of hydrogen-bond acceptors (Lipinski definition) is 5. The summed E-state index contributed by atoms with van der Waals surface area (Å²) in [4.78, 5) is 8.29. The Morgan fingerprint density at radius 1 is 1.32 bits per heavy atom. The van der Waals surface area contributed by atoms with E-state index in [1.165, 1.54) is 5.56 Å². The van der Waals surface area contributed by atoms with Gasteiger partial charge in [0.15, 0.2) is 5.96 Å². The number of aliphatic imine (C=N–C) groups is 1. The van der Waals surface area contributed by atoms with Gasteiger partial charge in [-0.25, -0.2) is 0 Å². The van der Waals surface area contributed by atoms with Crippen LogP contribution in [0.4, 0.5) is 0 Å². The van der Waals surface area contributed by atoms with Crippen LogP contribution in [0.1, 0.15) is 25.0 Å². The number of nitrogens with one attached hydrogen (secondary N) is 2. The van der Waals surface area contributed by atoms with Crippen LogP contribution in [0, 0.1) is 0 Å². The molecule has 7 heteroatoms. The lowest BCUT2D eigenvalue weighted by atomic mass is 10.1. The molecule has 28 heavy (non-hydrogen) atoms. The monoisotopic (exact) mass is 384 g/mol. The van der Waals surface area contributed by atoms with Crippen LogP contribution in [0.15, 0.2) is 41.7 Å². The molecule has 0 spiro atoms. The average Bonchev–Trinajstić information content (AvgIpc) is 3.07. The Labute approximate surface area is 166 Å². The zero-order valence-electron chi connectivity index (χ0n) is 16.7. The molecule has 1 aliphatic rings. The smallest absolute Gasteiger partial charge is 0.191 e. The summed E-state index contributed by atoms with van der Waals surface area (Å²) in [6, 6.07) is 7.89. The number of pyridine rings is 1. The molecule has 1 aromatic carbocycles. The van der Waals surface area contributed by atoms with E-state index in [1.807, 2.05) is 19.1 Å².